The van der Waals surface area contributed by atoms with Gasteiger partial charge in [-0.15, -0.1) is 5.92 Å². The van der Waals surface area contributed by atoms with Gasteiger partial charge in [0.25, 0.3) is 5.91 Å². The molecular formula is C22H28N2O5. The van der Waals surface area contributed by atoms with Gasteiger partial charge in [-0.3, -0.25) is 4.79 Å². The first kappa shape index (κ1) is 20.8. The molecule has 0 aromatic heterocycles. The number of nitrogens with zero attached hydrogens (tertiary/aromatic N) is 2. The van der Waals surface area contributed by atoms with Crippen molar-refractivity contribution in [1.82, 2.24) is 9.80 Å². The van der Waals surface area contributed by atoms with Crippen LogP contribution in [-0.2, 0) is 4.74 Å². The monoisotopic (exact) mass is 400 g/mol. The van der Waals surface area contributed by atoms with Crippen molar-refractivity contribution in [2.24, 2.45) is 5.41 Å². The molecule has 2 amide bonds. The van der Waals surface area contributed by atoms with Crippen molar-refractivity contribution >= 4 is 12.0 Å². The quantitative estimate of drug-likeness (QED) is 0.727. The van der Waals surface area contributed by atoms with Crippen molar-refractivity contribution in [3.8, 4) is 23.3 Å². The third kappa shape index (κ3) is 4.58. The van der Waals surface area contributed by atoms with E-state index in [0.717, 1.165) is 19.3 Å². The van der Waals surface area contributed by atoms with Crippen LogP contribution in [-0.4, -0.2) is 68.8 Å². The van der Waals surface area contributed by atoms with Crippen LogP contribution in [0.5, 0.6) is 11.5 Å². The highest BCUT2D eigenvalue weighted by molar-refractivity contribution is 5.97. The summed E-state index contributed by atoms with van der Waals surface area (Å²) in [4.78, 5) is 28.9. The third-order valence-corrected chi connectivity index (χ3v) is 5.89. The first-order valence-electron chi connectivity index (χ1n) is 9.84. The molecule has 2 aliphatic heterocycles. The average Bonchev–Trinajstić information content (AvgIpc) is 3.17. The van der Waals surface area contributed by atoms with Crippen molar-refractivity contribution in [2.75, 3.05) is 47.0 Å². The van der Waals surface area contributed by atoms with E-state index >= 15 is 0 Å². The van der Waals surface area contributed by atoms with Crippen molar-refractivity contribution in [1.29, 1.82) is 0 Å². The normalized spacial score (nSPS) is 17.5. The number of rotatable bonds is 4. The number of methoxy groups -OCH3 is 2. The van der Waals surface area contributed by atoms with E-state index in [9.17, 15) is 9.59 Å². The molecule has 2 saturated heterocycles. The lowest BCUT2D eigenvalue weighted by Gasteiger charge is -2.39. The largest absolute Gasteiger partial charge is 0.497 e. The van der Waals surface area contributed by atoms with Crippen LogP contribution in [0, 0.1) is 17.3 Å². The Labute approximate surface area is 171 Å². The fraction of sp³-hybridized carbons (Fsp3) is 0.545. The summed E-state index contributed by atoms with van der Waals surface area (Å²) in [5.74, 6) is 6.57. The highest BCUT2D eigenvalue weighted by Gasteiger charge is 2.43. The first-order chi connectivity index (χ1) is 14.0. The number of hydrogen-bond acceptors (Lipinski definition) is 5. The number of ether oxygens (including phenoxy) is 3. The minimum atomic E-state index is -0.302. The molecule has 1 spiro atoms. The van der Waals surface area contributed by atoms with Gasteiger partial charge in [-0.2, -0.15) is 0 Å². The zero-order chi connectivity index (χ0) is 20.9. The highest BCUT2D eigenvalue weighted by atomic mass is 16.6. The molecule has 7 heteroatoms. The lowest BCUT2D eigenvalue weighted by molar-refractivity contribution is 0.0575. The van der Waals surface area contributed by atoms with E-state index in [0.29, 0.717) is 43.2 Å². The topological polar surface area (TPSA) is 68.3 Å². The first-order valence-corrected chi connectivity index (χ1v) is 9.84. The Morgan fingerprint density at radius 2 is 1.76 bits per heavy atom. The predicted molar refractivity (Wildman–Crippen MR) is 108 cm³/mol. The van der Waals surface area contributed by atoms with Gasteiger partial charge >= 0.3 is 6.09 Å². The summed E-state index contributed by atoms with van der Waals surface area (Å²) >= 11 is 0. The standard InChI is InChI=1S/C22H28N2O5/c1-4-5-14-29-21(26)24-13-10-22(16-24)8-11-23(12-9-22)20(25)18-15-17(27-2)6-7-19(18)28-3/h6-7,15H,8-14,16H2,1-3H3. The molecule has 0 radical (unpaired) electrons. The Hall–Kier alpha value is -2.88. The number of piperidine rings is 1. The SMILES string of the molecule is CC#CCOC(=O)N1CCC2(CCN(C(=O)c3cc(OC)ccc3OC)CC2)C1. The van der Waals surface area contributed by atoms with Crippen LogP contribution in [0.1, 0.15) is 36.5 Å². The van der Waals surface area contributed by atoms with Crippen molar-refractivity contribution < 1.29 is 23.8 Å². The maximum Gasteiger partial charge on any atom is 0.410 e. The van der Waals surface area contributed by atoms with Crippen molar-refractivity contribution in [3.05, 3.63) is 23.8 Å². The van der Waals surface area contributed by atoms with Crippen molar-refractivity contribution in [2.45, 2.75) is 26.2 Å². The van der Waals surface area contributed by atoms with E-state index < -0.39 is 0 Å². The molecule has 0 aliphatic carbocycles. The summed E-state index contributed by atoms with van der Waals surface area (Å²) < 4.78 is 15.8. The molecule has 1 aromatic carbocycles. The molecule has 3 rings (SSSR count). The molecule has 1 aromatic rings. The lowest BCUT2D eigenvalue weighted by atomic mass is 9.77. The van der Waals surface area contributed by atoms with Gasteiger partial charge < -0.3 is 24.0 Å². The number of carbonyl (C=O) groups excluding carboxylic acids is 2. The van der Waals surface area contributed by atoms with E-state index in [-0.39, 0.29) is 24.0 Å². The summed E-state index contributed by atoms with van der Waals surface area (Å²) in [5.41, 5.74) is 0.571. The summed E-state index contributed by atoms with van der Waals surface area (Å²) in [6.45, 7) is 4.52. The van der Waals surface area contributed by atoms with Gasteiger partial charge in [0.15, 0.2) is 6.61 Å². The Kier molecular flexibility index (Phi) is 6.53. The third-order valence-electron chi connectivity index (χ3n) is 5.89. The van der Waals surface area contributed by atoms with Gasteiger partial charge in [0.05, 0.1) is 19.8 Å². The second-order valence-corrected chi connectivity index (χ2v) is 7.51. The fourth-order valence-corrected chi connectivity index (χ4v) is 4.10. The number of amides is 2. The van der Waals surface area contributed by atoms with Crippen LogP contribution in [0.25, 0.3) is 0 Å². The van der Waals surface area contributed by atoms with E-state index in [1.54, 1.807) is 44.2 Å². The zero-order valence-electron chi connectivity index (χ0n) is 17.3. The predicted octanol–water partition coefficient (Wildman–Crippen LogP) is 2.79. The van der Waals surface area contributed by atoms with E-state index in [4.69, 9.17) is 14.2 Å². The van der Waals surface area contributed by atoms with Crippen LogP contribution in [0.15, 0.2) is 18.2 Å². The summed E-state index contributed by atoms with van der Waals surface area (Å²) in [6, 6.07) is 5.25. The molecule has 0 unspecified atom stereocenters. The van der Waals surface area contributed by atoms with Gasteiger partial charge in [0.1, 0.15) is 11.5 Å². The summed E-state index contributed by atoms with van der Waals surface area (Å²) in [6.07, 6.45) is 2.36. The number of carbonyl (C=O) groups is 2. The molecular weight excluding hydrogens is 372 g/mol. The number of likely N-dealkylation sites (tertiary alicyclic amines) is 2. The van der Waals surface area contributed by atoms with Crippen LogP contribution in [0.3, 0.4) is 0 Å². The smallest absolute Gasteiger partial charge is 0.410 e. The highest BCUT2D eigenvalue weighted by Crippen LogP contribution is 2.41. The molecule has 2 fully saturated rings. The van der Waals surface area contributed by atoms with Crippen LogP contribution < -0.4 is 9.47 Å². The zero-order valence-corrected chi connectivity index (χ0v) is 17.3. The summed E-state index contributed by atoms with van der Waals surface area (Å²) in [5, 5.41) is 0. The maximum absolute atomic E-state index is 13.1. The van der Waals surface area contributed by atoms with Gasteiger partial charge in [0, 0.05) is 26.2 Å². The molecule has 0 saturated carbocycles. The fourth-order valence-electron chi connectivity index (χ4n) is 4.10. The minimum absolute atomic E-state index is 0.0528. The molecule has 0 bridgehead atoms. The second kappa shape index (κ2) is 9.08. The van der Waals surface area contributed by atoms with E-state index in [1.165, 1.54) is 0 Å². The Morgan fingerprint density at radius 3 is 2.38 bits per heavy atom. The molecule has 2 aliphatic rings. The number of hydrogen-bond donors (Lipinski definition) is 0. The molecule has 7 nitrogen and oxygen atoms in total. The van der Waals surface area contributed by atoms with Crippen molar-refractivity contribution in [3.63, 3.8) is 0 Å². The Balaban J connectivity index is 1.60. The van der Waals surface area contributed by atoms with Crippen LogP contribution in [0.2, 0.25) is 0 Å². The Morgan fingerprint density at radius 1 is 1.07 bits per heavy atom. The lowest BCUT2D eigenvalue weighted by Crippen LogP contribution is -2.44. The summed E-state index contributed by atoms with van der Waals surface area (Å²) in [7, 11) is 3.13. The van der Waals surface area contributed by atoms with Crippen LogP contribution >= 0.6 is 0 Å². The minimum Gasteiger partial charge on any atom is -0.497 e. The van der Waals surface area contributed by atoms with E-state index in [2.05, 4.69) is 11.8 Å². The van der Waals surface area contributed by atoms with E-state index in [1.807, 2.05) is 4.90 Å². The van der Waals surface area contributed by atoms with Gasteiger partial charge in [-0.25, -0.2) is 4.79 Å². The molecule has 0 N–H and O–H groups in total. The Bertz CT molecular complexity index is 818. The maximum atomic E-state index is 13.1. The number of benzene rings is 1. The molecule has 29 heavy (non-hydrogen) atoms. The van der Waals surface area contributed by atoms with Gasteiger partial charge in [-0.05, 0) is 49.8 Å². The van der Waals surface area contributed by atoms with Crippen LogP contribution in [0.4, 0.5) is 4.79 Å². The van der Waals surface area contributed by atoms with Gasteiger partial charge in [-0.1, -0.05) is 5.92 Å². The van der Waals surface area contributed by atoms with Gasteiger partial charge in [0.2, 0.25) is 0 Å². The molecule has 2 heterocycles. The average molecular weight is 400 g/mol. The molecule has 0 atom stereocenters. The molecule has 156 valence electrons. The second-order valence-electron chi connectivity index (χ2n) is 7.51.